The van der Waals surface area contributed by atoms with E-state index in [4.69, 9.17) is 34.4 Å². The van der Waals surface area contributed by atoms with Crippen LogP contribution in [0.1, 0.15) is 71.3 Å². The fraction of sp³-hybridized carbons (Fsp3) is 0.741. The molecule has 2 aromatic heterocycles. The minimum absolute atomic E-state index is 0.0241. The zero-order valence-electron chi connectivity index (χ0n) is 27.2. The molecule has 2 unspecified atom stereocenters. The van der Waals surface area contributed by atoms with Crippen molar-refractivity contribution in [1.29, 1.82) is 0 Å². The lowest BCUT2D eigenvalue weighted by atomic mass is 9.99. The molecule has 7 atom stereocenters. The first kappa shape index (κ1) is 40.4. The van der Waals surface area contributed by atoms with Crippen molar-refractivity contribution in [3.8, 4) is 0 Å². The van der Waals surface area contributed by atoms with Crippen molar-refractivity contribution in [2.45, 2.75) is 96.8 Å². The van der Waals surface area contributed by atoms with Gasteiger partial charge in [-0.3, -0.25) is 28.0 Å². The summed E-state index contributed by atoms with van der Waals surface area (Å²) in [7, 11) is -10.1. The highest BCUT2D eigenvalue weighted by Gasteiger charge is 2.46. The van der Waals surface area contributed by atoms with Crippen LogP contribution in [0.2, 0.25) is 0 Å². The molecule has 1 aliphatic rings. The van der Waals surface area contributed by atoms with Crippen molar-refractivity contribution >= 4 is 50.1 Å². The Morgan fingerprint density at radius 2 is 1.88 bits per heavy atom. The number of aliphatic hydroxyl groups is 2. The molecule has 272 valence electrons. The van der Waals surface area contributed by atoms with Crippen molar-refractivity contribution in [3.05, 3.63) is 22.5 Å². The summed E-state index contributed by atoms with van der Waals surface area (Å²) in [5.74, 6) is -0.994. The van der Waals surface area contributed by atoms with Crippen LogP contribution in [0.3, 0.4) is 0 Å². The van der Waals surface area contributed by atoms with Gasteiger partial charge in [-0.2, -0.15) is 4.31 Å². The normalized spacial score (nSPS) is 22.9. The second kappa shape index (κ2) is 18.2. The Hall–Kier alpha value is -2.08. The number of hydrogen-bond acceptors (Lipinski definition) is 14. The monoisotopic (exact) mass is 743 g/mol. The average Bonchev–Trinajstić information content (AvgIpc) is 3.56. The summed E-state index contributed by atoms with van der Waals surface area (Å²) in [4.78, 5) is 57.7. The number of aryl methyl sites for hydroxylation is 1. The van der Waals surface area contributed by atoms with Gasteiger partial charge in [-0.25, -0.2) is 24.2 Å². The minimum Gasteiger partial charge on any atom is -0.464 e. The van der Waals surface area contributed by atoms with Gasteiger partial charge in [-0.15, -0.1) is 11.6 Å². The van der Waals surface area contributed by atoms with Gasteiger partial charge in [-0.05, 0) is 39.0 Å². The number of rotatable bonds is 21. The molecule has 3 heterocycles. The van der Waals surface area contributed by atoms with E-state index in [9.17, 15) is 38.6 Å². The summed E-state index contributed by atoms with van der Waals surface area (Å²) in [6.45, 7) is 5.74. The van der Waals surface area contributed by atoms with Crippen LogP contribution >= 0.6 is 27.2 Å². The standard InChI is InChI=1S/C27H44ClN5O13P2/c1-5-8-18(9-6-2)13-42-27(38)16(3)32-47(39,43-11-7-10-19(34)12-28)46-48(40,41)44-14-20-22(35)23(36)26(45-20)33-15-29-21-24(33)30-17(4)31-25(21)37/h15-16,18,20,22-23,26,35-36H,5-14H2,1-4H3,(H,32,39)(H,40,41)(H,30,31,37)/t16-,20+,22+,23+,26+,47?/m0/s1. The molecule has 1 aliphatic heterocycles. The number of alkyl halides is 1. The number of nitrogens with zero attached hydrogens (tertiary/aromatic N) is 3. The van der Waals surface area contributed by atoms with E-state index < -0.39 is 70.9 Å². The number of nitrogens with one attached hydrogen (secondary N) is 2. The zero-order valence-corrected chi connectivity index (χ0v) is 29.7. The minimum atomic E-state index is -5.29. The van der Waals surface area contributed by atoms with Gasteiger partial charge in [-0.1, -0.05) is 26.7 Å². The highest BCUT2D eigenvalue weighted by Crippen LogP contribution is 2.61. The van der Waals surface area contributed by atoms with E-state index >= 15 is 0 Å². The number of carbonyl (C=O) groups excluding carboxylic acids is 2. The summed E-state index contributed by atoms with van der Waals surface area (Å²) in [6, 6.07) is -1.32. The van der Waals surface area contributed by atoms with Crippen molar-refractivity contribution in [3.63, 3.8) is 0 Å². The van der Waals surface area contributed by atoms with Crippen LogP contribution in [-0.2, 0) is 41.6 Å². The Bertz CT molecular complexity index is 1530. The third-order valence-electron chi connectivity index (χ3n) is 7.35. The molecule has 0 amide bonds. The SMILES string of the molecule is CCCC(CCC)COC(=O)[C@H](C)NP(=O)(OCCCC(=O)CCl)OP(=O)(O)OC[C@H]1O[C@@H](n2cnc3c(=O)[nH]c(C)nc32)[C@H](O)[C@@H]1O. The number of Topliss-reactive ketones (excluding diaryl/α,β-unsaturated/α-hetero) is 1. The molecule has 0 aromatic carbocycles. The summed E-state index contributed by atoms with van der Waals surface area (Å²) in [5.41, 5.74) is -0.525. The molecule has 1 fully saturated rings. The van der Waals surface area contributed by atoms with E-state index in [0.29, 0.717) is 0 Å². The molecular weight excluding hydrogens is 700 g/mol. The topological polar surface area (TPSA) is 251 Å². The number of ketones is 1. The fourth-order valence-electron chi connectivity index (χ4n) is 4.99. The Morgan fingerprint density at radius 3 is 2.52 bits per heavy atom. The molecule has 0 radical (unpaired) electrons. The van der Waals surface area contributed by atoms with E-state index in [1.807, 2.05) is 13.8 Å². The van der Waals surface area contributed by atoms with Gasteiger partial charge in [0.05, 0.1) is 32.0 Å². The van der Waals surface area contributed by atoms with Crippen LogP contribution in [0.5, 0.6) is 0 Å². The van der Waals surface area contributed by atoms with E-state index in [1.54, 1.807) is 0 Å². The second-order valence-corrected chi connectivity index (χ2v) is 15.0. The molecular formula is C27H44ClN5O13P2. The summed E-state index contributed by atoms with van der Waals surface area (Å²) in [6.07, 6.45) is -1.38. The molecule has 5 N–H and O–H groups in total. The largest absolute Gasteiger partial charge is 0.480 e. The van der Waals surface area contributed by atoms with Crippen LogP contribution in [0, 0.1) is 12.8 Å². The number of aromatic amines is 1. The molecule has 0 spiro atoms. The van der Waals surface area contributed by atoms with E-state index in [0.717, 1.165) is 25.7 Å². The van der Waals surface area contributed by atoms with Gasteiger partial charge >= 0.3 is 21.5 Å². The highest BCUT2D eigenvalue weighted by molar-refractivity contribution is 7.63. The number of hydrogen-bond donors (Lipinski definition) is 5. The average molecular weight is 744 g/mol. The number of aromatic nitrogens is 4. The number of carbonyl (C=O) groups is 2. The lowest BCUT2D eigenvalue weighted by molar-refractivity contribution is -0.146. The number of fused-ring (bicyclic) bond motifs is 1. The molecule has 18 nitrogen and oxygen atoms in total. The van der Waals surface area contributed by atoms with Gasteiger partial charge in [0.1, 0.15) is 36.0 Å². The third-order valence-corrected chi connectivity index (χ3v) is 11.0. The van der Waals surface area contributed by atoms with E-state index in [2.05, 4.69) is 20.0 Å². The lowest BCUT2D eigenvalue weighted by Crippen LogP contribution is -2.35. The maximum Gasteiger partial charge on any atom is 0.480 e. The first-order chi connectivity index (χ1) is 22.6. The third kappa shape index (κ3) is 11.2. The number of ether oxygens (including phenoxy) is 2. The number of H-pyrrole nitrogens is 1. The molecule has 0 saturated carbocycles. The smallest absolute Gasteiger partial charge is 0.464 e. The maximum absolute atomic E-state index is 13.6. The zero-order chi connectivity index (χ0) is 35.6. The molecule has 21 heteroatoms. The molecule has 1 saturated heterocycles. The van der Waals surface area contributed by atoms with Gasteiger partial charge in [0, 0.05) is 6.42 Å². The van der Waals surface area contributed by atoms with Gasteiger partial charge < -0.3 is 29.6 Å². The van der Waals surface area contributed by atoms with Crippen LogP contribution in [0.25, 0.3) is 11.2 Å². The second-order valence-electron chi connectivity index (χ2n) is 11.4. The number of phosphoric acid groups is 1. The fourth-order valence-corrected chi connectivity index (χ4v) is 8.14. The predicted molar refractivity (Wildman–Crippen MR) is 171 cm³/mol. The van der Waals surface area contributed by atoms with Crippen molar-refractivity contribution in [1.82, 2.24) is 24.6 Å². The maximum atomic E-state index is 13.6. The number of phosphoric ester groups is 1. The Balaban J connectivity index is 1.68. The number of aliphatic hydroxyl groups excluding tert-OH is 2. The van der Waals surface area contributed by atoms with Crippen LogP contribution in [0.15, 0.2) is 11.1 Å². The molecule has 3 rings (SSSR count). The van der Waals surface area contributed by atoms with E-state index in [-0.39, 0.29) is 54.0 Å². The first-order valence-corrected chi connectivity index (χ1v) is 19.1. The molecule has 0 aliphatic carbocycles. The molecule has 2 aromatic rings. The summed E-state index contributed by atoms with van der Waals surface area (Å²) >= 11 is 5.50. The summed E-state index contributed by atoms with van der Waals surface area (Å²) < 4.78 is 54.1. The number of halogens is 1. The van der Waals surface area contributed by atoms with E-state index in [1.165, 1.54) is 24.7 Å². The van der Waals surface area contributed by atoms with Crippen molar-refractivity contribution < 1.29 is 56.7 Å². The van der Waals surface area contributed by atoms with Gasteiger partial charge in [0.15, 0.2) is 17.4 Å². The Morgan fingerprint density at radius 1 is 1.19 bits per heavy atom. The Kier molecular flexibility index (Phi) is 15.3. The van der Waals surface area contributed by atoms with Crippen molar-refractivity contribution in [2.75, 3.05) is 25.7 Å². The van der Waals surface area contributed by atoms with Gasteiger partial charge in [0.25, 0.3) is 5.56 Å². The first-order valence-electron chi connectivity index (χ1n) is 15.5. The predicted octanol–water partition coefficient (Wildman–Crippen LogP) is 2.63. The van der Waals surface area contributed by atoms with Crippen LogP contribution < -0.4 is 10.6 Å². The molecule has 48 heavy (non-hydrogen) atoms. The molecule has 0 bridgehead atoms. The Labute approximate surface area is 282 Å². The van der Waals surface area contributed by atoms with Crippen LogP contribution in [-0.4, -0.2) is 96.4 Å². The summed E-state index contributed by atoms with van der Waals surface area (Å²) in [5, 5.41) is 23.6. The highest BCUT2D eigenvalue weighted by atomic mass is 35.5. The number of esters is 1. The lowest BCUT2D eigenvalue weighted by Gasteiger charge is -2.25. The van der Waals surface area contributed by atoms with Crippen molar-refractivity contribution in [2.24, 2.45) is 5.92 Å². The number of imidazole rings is 1. The van der Waals surface area contributed by atoms with Crippen LogP contribution in [0.4, 0.5) is 0 Å². The quantitative estimate of drug-likeness (QED) is 0.0533. The van der Waals surface area contributed by atoms with Gasteiger partial charge in [0.2, 0.25) is 0 Å².